The topological polar surface area (TPSA) is 63.2 Å². The van der Waals surface area contributed by atoms with Gasteiger partial charge in [0.15, 0.2) is 0 Å². The summed E-state index contributed by atoms with van der Waals surface area (Å²) in [6.45, 7) is 4.91. The molecule has 28 heavy (non-hydrogen) atoms. The zero-order valence-electron chi connectivity index (χ0n) is 16.5. The molecule has 0 radical (unpaired) electrons. The number of nitrogens with one attached hydrogen (secondary N) is 1. The maximum atomic E-state index is 10.7. The number of hydrogen-bond donors (Lipinski definition) is 1. The number of fused-ring (bicyclic) bond motifs is 1. The zero-order valence-corrected chi connectivity index (χ0v) is 16.5. The number of benzene rings is 1. The second-order valence-electron chi connectivity index (χ2n) is 8.81. The maximum Gasteiger partial charge on any atom is 0.227 e. The van der Waals surface area contributed by atoms with Crippen molar-refractivity contribution in [3.05, 3.63) is 29.3 Å². The number of likely N-dealkylation sites (tertiary alicyclic amines) is 1. The van der Waals surface area contributed by atoms with Gasteiger partial charge in [0, 0.05) is 43.5 Å². The van der Waals surface area contributed by atoms with E-state index in [1.165, 1.54) is 19.3 Å². The molecular weight excluding hydrogens is 354 g/mol. The monoisotopic (exact) mass is 383 g/mol. The third-order valence-electron chi connectivity index (χ3n) is 6.99. The molecular formula is C22H29N3O3. The van der Waals surface area contributed by atoms with Gasteiger partial charge in [0.25, 0.3) is 0 Å². The molecule has 3 fully saturated rings. The minimum Gasteiger partial charge on any atom is -0.462 e. The average Bonchev–Trinajstić information content (AvgIpc) is 3.39. The molecule has 5 rings (SSSR count). The Morgan fingerprint density at radius 1 is 1.32 bits per heavy atom. The van der Waals surface area contributed by atoms with E-state index in [-0.39, 0.29) is 0 Å². The Balaban J connectivity index is 1.30. The van der Waals surface area contributed by atoms with E-state index in [9.17, 15) is 4.79 Å². The van der Waals surface area contributed by atoms with Crippen LogP contribution in [0.4, 0.5) is 0 Å². The van der Waals surface area contributed by atoms with Crippen molar-refractivity contribution in [3.63, 3.8) is 0 Å². The highest BCUT2D eigenvalue weighted by Crippen LogP contribution is 2.43. The van der Waals surface area contributed by atoms with Crippen molar-refractivity contribution < 1.29 is 14.3 Å². The minimum atomic E-state index is -0.463. The van der Waals surface area contributed by atoms with Crippen LogP contribution in [0.15, 0.2) is 23.3 Å². The van der Waals surface area contributed by atoms with Crippen LogP contribution < -0.4 is 10.2 Å². The summed E-state index contributed by atoms with van der Waals surface area (Å²) in [5, 5.41) is 4.31. The van der Waals surface area contributed by atoms with E-state index < -0.39 is 5.79 Å². The van der Waals surface area contributed by atoms with Gasteiger partial charge < -0.3 is 9.47 Å². The van der Waals surface area contributed by atoms with Crippen LogP contribution in [-0.2, 0) is 16.1 Å². The summed E-state index contributed by atoms with van der Waals surface area (Å²) >= 11 is 0. The normalized spacial score (nSPS) is 29.5. The molecule has 0 aromatic heterocycles. The van der Waals surface area contributed by atoms with Crippen LogP contribution >= 0.6 is 0 Å². The largest absolute Gasteiger partial charge is 0.462 e. The van der Waals surface area contributed by atoms with Gasteiger partial charge in [0.2, 0.25) is 12.2 Å². The maximum absolute atomic E-state index is 10.7. The average molecular weight is 383 g/mol. The van der Waals surface area contributed by atoms with Crippen molar-refractivity contribution in [2.75, 3.05) is 13.1 Å². The van der Waals surface area contributed by atoms with Crippen LogP contribution in [-0.4, -0.2) is 41.9 Å². The smallest absolute Gasteiger partial charge is 0.227 e. The van der Waals surface area contributed by atoms with E-state index in [1.807, 2.05) is 0 Å². The summed E-state index contributed by atoms with van der Waals surface area (Å²) in [6, 6.07) is 7.02. The Morgan fingerprint density at radius 2 is 2.11 bits per heavy atom. The van der Waals surface area contributed by atoms with Crippen LogP contribution in [0.3, 0.4) is 0 Å². The van der Waals surface area contributed by atoms with Crippen LogP contribution in [0, 0.1) is 11.8 Å². The Bertz CT molecular complexity index is 781. The van der Waals surface area contributed by atoms with Crippen molar-refractivity contribution >= 4 is 12.1 Å². The van der Waals surface area contributed by atoms with Crippen LogP contribution in [0.5, 0.6) is 5.75 Å². The number of amides is 1. The molecule has 1 aromatic rings. The number of carbonyl (C=O) groups is 1. The van der Waals surface area contributed by atoms with Gasteiger partial charge in [0.05, 0.1) is 12.3 Å². The first-order valence-corrected chi connectivity index (χ1v) is 10.6. The molecule has 150 valence electrons. The van der Waals surface area contributed by atoms with Crippen LogP contribution in [0.1, 0.15) is 56.6 Å². The summed E-state index contributed by atoms with van der Waals surface area (Å²) in [4.78, 5) is 13.3. The van der Waals surface area contributed by atoms with Crippen molar-refractivity contribution in [2.24, 2.45) is 16.9 Å². The first kappa shape index (κ1) is 18.1. The van der Waals surface area contributed by atoms with Gasteiger partial charge in [-0.1, -0.05) is 13.3 Å². The van der Waals surface area contributed by atoms with Crippen LogP contribution in [0.2, 0.25) is 0 Å². The van der Waals surface area contributed by atoms with E-state index >= 15 is 0 Å². The highest BCUT2D eigenvalue weighted by molar-refractivity contribution is 6.04. The highest BCUT2D eigenvalue weighted by Gasteiger charge is 2.43. The number of carbonyl (C=O) groups excluding carboxylic acids is 1. The van der Waals surface area contributed by atoms with E-state index in [2.05, 4.69) is 40.5 Å². The van der Waals surface area contributed by atoms with Gasteiger partial charge in [-0.3, -0.25) is 9.69 Å². The third kappa shape index (κ3) is 3.33. The van der Waals surface area contributed by atoms with Gasteiger partial charge >= 0.3 is 0 Å². The molecule has 1 amide bonds. The molecule has 1 N–H and O–H groups in total. The van der Waals surface area contributed by atoms with Gasteiger partial charge in [-0.05, 0) is 48.9 Å². The lowest BCUT2D eigenvalue weighted by Crippen LogP contribution is -2.54. The number of rotatable bonds is 5. The summed E-state index contributed by atoms with van der Waals surface area (Å²) < 4.78 is 12.7. The molecule has 2 aliphatic carbocycles. The van der Waals surface area contributed by atoms with Crippen molar-refractivity contribution in [2.45, 2.75) is 63.9 Å². The minimum absolute atomic E-state index is 0.415. The first-order valence-electron chi connectivity index (χ1n) is 10.6. The molecule has 1 saturated heterocycles. The fourth-order valence-electron chi connectivity index (χ4n) is 4.78. The summed E-state index contributed by atoms with van der Waals surface area (Å²) in [7, 11) is 0. The van der Waals surface area contributed by atoms with E-state index in [1.54, 1.807) is 0 Å². The van der Waals surface area contributed by atoms with Crippen LogP contribution in [0.25, 0.3) is 0 Å². The second kappa shape index (κ2) is 7.16. The lowest BCUT2D eigenvalue weighted by Gasteiger charge is -2.47. The number of nitrogens with zero attached hydrogens (tertiary/aromatic N) is 2. The Kier molecular flexibility index (Phi) is 4.63. The lowest BCUT2D eigenvalue weighted by molar-refractivity contribution is -0.231. The molecule has 1 spiro atoms. The molecule has 2 heterocycles. The van der Waals surface area contributed by atoms with Crippen molar-refractivity contribution in [3.8, 4) is 5.75 Å². The fraction of sp³-hybridized carbons (Fsp3) is 0.636. The predicted molar refractivity (Wildman–Crippen MR) is 106 cm³/mol. The molecule has 6 heteroatoms. The highest BCUT2D eigenvalue weighted by atomic mass is 16.7. The Morgan fingerprint density at radius 3 is 2.75 bits per heavy atom. The van der Waals surface area contributed by atoms with E-state index in [0.717, 1.165) is 61.0 Å². The number of hydrogen-bond acceptors (Lipinski definition) is 5. The molecule has 1 aromatic carbocycles. The second-order valence-corrected chi connectivity index (χ2v) is 8.81. The van der Waals surface area contributed by atoms with Gasteiger partial charge in [-0.15, -0.1) is 0 Å². The van der Waals surface area contributed by atoms with Gasteiger partial charge in [-0.25, -0.2) is 5.43 Å². The molecule has 4 aliphatic rings. The summed E-state index contributed by atoms with van der Waals surface area (Å²) in [5.74, 6) is 1.49. The lowest BCUT2D eigenvalue weighted by atomic mass is 9.89. The Labute approximate surface area is 166 Å². The SMILES string of the molecule is CC1CC1/C(=N\NC=O)c1ccc2c(c1)COC1(CCN(C3CCC3)CC1)O2. The standard InChI is InChI=1S/C22H29N3O3/c1-15-11-19(15)21(24-23-14-26)16-5-6-20-17(12-16)13-27-22(28-20)7-9-25(10-8-22)18-3-2-4-18/h5-6,12,14-15,18-19H,2-4,7-11,13H2,1H3,(H,23,26)/b24-21-. The van der Waals surface area contributed by atoms with Gasteiger partial charge in [-0.2, -0.15) is 5.10 Å². The molecule has 0 bridgehead atoms. The number of ether oxygens (including phenoxy) is 2. The summed E-state index contributed by atoms with van der Waals surface area (Å²) in [6.07, 6.45) is 7.68. The van der Waals surface area contributed by atoms with Crippen molar-refractivity contribution in [1.29, 1.82) is 0 Å². The van der Waals surface area contributed by atoms with E-state index in [0.29, 0.717) is 24.9 Å². The number of hydrazone groups is 1. The van der Waals surface area contributed by atoms with E-state index in [4.69, 9.17) is 9.47 Å². The van der Waals surface area contributed by atoms with Crippen molar-refractivity contribution in [1.82, 2.24) is 10.3 Å². The molecule has 2 aliphatic heterocycles. The molecule has 2 saturated carbocycles. The Hall–Kier alpha value is -1.92. The molecule has 6 nitrogen and oxygen atoms in total. The first-order chi connectivity index (χ1) is 13.7. The zero-order chi connectivity index (χ0) is 19.1. The third-order valence-corrected chi connectivity index (χ3v) is 6.99. The molecule has 2 unspecified atom stereocenters. The fourth-order valence-corrected chi connectivity index (χ4v) is 4.78. The number of piperidine rings is 1. The predicted octanol–water partition coefficient (Wildman–Crippen LogP) is 3.05. The summed E-state index contributed by atoms with van der Waals surface area (Å²) in [5.41, 5.74) is 5.55. The van der Waals surface area contributed by atoms with Gasteiger partial charge in [0.1, 0.15) is 5.75 Å². The molecule has 2 atom stereocenters. The quantitative estimate of drug-likeness (QED) is 0.482.